The van der Waals surface area contributed by atoms with Crippen LogP contribution in [0.4, 0.5) is 5.69 Å². The summed E-state index contributed by atoms with van der Waals surface area (Å²) in [6.45, 7) is 2.38. The molecule has 2 aromatic rings. The number of carbonyl (C=O) groups excluding carboxylic acids is 1. The molecule has 0 saturated carbocycles. The average molecular weight is 285 g/mol. The minimum Gasteiger partial charge on any atom is -0.489 e. The first-order chi connectivity index (χ1) is 10.2. The molecule has 1 amide bonds. The second-order valence-corrected chi connectivity index (χ2v) is 4.68. The van der Waals surface area contributed by atoms with Crippen molar-refractivity contribution < 1.29 is 9.53 Å². The lowest BCUT2D eigenvalue weighted by molar-refractivity contribution is -0.118. The number of amides is 1. The first kappa shape index (κ1) is 14.8. The monoisotopic (exact) mass is 285 g/mol. The lowest BCUT2D eigenvalue weighted by atomic mass is 10.2. The molecule has 0 bridgehead atoms. The summed E-state index contributed by atoms with van der Waals surface area (Å²) in [5, 5.41) is 3.09. The van der Waals surface area contributed by atoms with Gasteiger partial charge in [0.25, 0.3) is 0 Å². The van der Waals surface area contributed by atoms with Crippen LogP contribution in [0.3, 0.4) is 0 Å². The highest BCUT2D eigenvalue weighted by molar-refractivity contribution is 5.82. The van der Waals surface area contributed by atoms with Crippen LogP contribution in [0.1, 0.15) is 18.9 Å². The van der Waals surface area contributed by atoms with Gasteiger partial charge in [0.15, 0.2) is 0 Å². The topological polar surface area (TPSA) is 77.2 Å². The van der Waals surface area contributed by atoms with Crippen LogP contribution in [0, 0.1) is 0 Å². The molecule has 1 aromatic heterocycles. The molecule has 0 saturated heterocycles. The van der Waals surface area contributed by atoms with Gasteiger partial charge in [0, 0.05) is 23.6 Å². The minimum absolute atomic E-state index is 0.352. The molecule has 0 aliphatic carbocycles. The normalized spacial score (nSPS) is 11.7. The molecule has 5 nitrogen and oxygen atoms in total. The first-order valence-corrected chi connectivity index (χ1v) is 6.86. The smallest absolute Gasteiger partial charge is 0.239 e. The van der Waals surface area contributed by atoms with Gasteiger partial charge >= 0.3 is 0 Å². The van der Waals surface area contributed by atoms with Crippen LogP contribution in [0.25, 0.3) is 0 Å². The summed E-state index contributed by atoms with van der Waals surface area (Å²) in [7, 11) is 0. The van der Waals surface area contributed by atoms with Crippen LogP contribution in [-0.2, 0) is 11.4 Å². The van der Waals surface area contributed by atoms with Gasteiger partial charge in [0.2, 0.25) is 5.91 Å². The number of hydrogen-bond donors (Lipinski definition) is 2. The second-order valence-electron chi connectivity index (χ2n) is 4.68. The molecule has 0 aliphatic heterocycles. The fourth-order valence-electron chi connectivity index (χ4n) is 1.87. The Hall–Kier alpha value is -2.56. The first-order valence-electron chi connectivity index (χ1n) is 6.86. The summed E-state index contributed by atoms with van der Waals surface area (Å²) in [4.78, 5) is 15.2. The zero-order valence-electron chi connectivity index (χ0n) is 12.0. The van der Waals surface area contributed by atoms with E-state index < -0.39 is 0 Å². The second kappa shape index (κ2) is 7.28. The van der Waals surface area contributed by atoms with E-state index in [0.29, 0.717) is 13.0 Å². The molecule has 1 aromatic carbocycles. The Labute approximate surface area is 124 Å². The Morgan fingerprint density at radius 2 is 2.10 bits per heavy atom. The lowest BCUT2D eigenvalue weighted by Gasteiger charge is -2.15. The van der Waals surface area contributed by atoms with Crippen molar-refractivity contribution in [3.05, 3.63) is 54.4 Å². The summed E-state index contributed by atoms with van der Waals surface area (Å²) >= 11 is 0. The van der Waals surface area contributed by atoms with Gasteiger partial charge in [-0.3, -0.25) is 9.78 Å². The van der Waals surface area contributed by atoms with E-state index in [1.807, 2.05) is 43.3 Å². The van der Waals surface area contributed by atoms with E-state index in [2.05, 4.69) is 10.3 Å². The Kier molecular flexibility index (Phi) is 5.15. The van der Waals surface area contributed by atoms with Crippen LogP contribution >= 0.6 is 0 Å². The highest BCUT2D eigenvalue weighted by Gasteiger charge is 2.11. The van der Waals surface area contributed by atoms with Crippen molar-refractivity contribution in [3.63, 3.8) is 0 Å². The maximum Gasteiger partial charge on any atom is 0.239 e. The third-order valence-corrected chi connectivity index (χ3v) is 3.08. The van der Waals surface area contributed by atoms with Crippen LogP contribution in [-0.4, -0.2) is 16.9 Å². The molecule has 2 rings (SSSR count). The van der Waals surface area contributed by atoms with Crippen molar-refractivity contribution in [1.82, 2.24) is 4.98 Å². The zero-order valence-corrected chi connectivity index (χ0v) is 12.0. The predicted molar refractivity (Wildman–Crippen MR) is 81.9 cm³/mol. The molecule has 1 unspecified atom stereocenters. The number of nitrogens with one attached hydrogen (secondary N) is 1. The van der Waals surface area contributed by atoms with Gasteiger partial charge in [0.1, 0.15) is 18.4 Å². The molecule has 0 aliphatic rings. The number of pyridine rings is 1. The number of anilines is 1. The van der Waals surface area contributed by atoms with E-state index in [1.165, 1.54) is 0 Å². The van der Waals surface area contributed by atoms with Crippen molar-refractivity contribution in [3.8, 4) is 5.75 Å². The maximum atomic E-state index is 11.2. The highest BCUT2D eigenvalue weighted by Crippen LogP contribution is 2.18. The summed E-state index contributed by atoms with van der Waals surface area (Å²) in [6, 6.07) is 10.9. The molecule has 1 heterocycles. The molecule has 0 spiro atoms. The average Bonchev–Trinajstić information content (AvgIpc) is 2.52. The SMILES string of the molecule is CCC(Nc1ccc(OCc2cccnc2)cc1)C(N)=O. The third-order valence-electron chi connectivity index (χ3n) is 3.08. The third kappa shape index (κ3) is 4.49. The summed E-state index contributed by atoms with van der Waals surface area (Å²) < 4.78 is 5.67. The number of aromatic nitrogens is 1. The van der Waals surface area contributed by atoms with E-state index in [4.69, 9.17) is 10.5 Å². The fraction of sp³-hybridized carbons (Fsp3) is 0.250. The molecular formula is C16H19N3O2. The predicted octanol–water partition coefficient (Wildman–Crippen LogP) is 2.34. The number of primary amides is 1. The van der Waals surface area contributed by atoms with E-state index in [0.717, 1.165) is 17.0 Å². The van der Waals surface area contributed by atoms with Gasteiger partial charge in [0.05, 0.1) is 0 Å². The van der Waals surface area contributed by atoms with E-state index in [9.17, 15) is 4.79 Å². The highest BCUT2D eigenvalue weighted by atomic mass is 16.5. The number of benzene rings is 1. The van der Waals surface area contributed by atoms with Crippen LogP contribution in [0.2, 0.25) is 0 Å². The van der Waals surface area contributed by atoms with Crippen molar-refractivity contribution >= 4 is 11.6 Å². The molecule has 1 atom stereocenters. The van der Waals surface area contributed by atoms with Gasteiger partial charge in [-0.1, -0.05) is 13.0 Å². The molecule has 110 valence electrons. The summed E-state index contributed by atoms with van der Waals surface area (Å²) in [6.07, 6.45) is 4.15. The molecule has 21 heavy (non-hydrogen) atoms. The Balaban J connectivity index is 1.91. The van der Waals surface area contributed by atoms with Crippen molar-refractivity contribution in [2.45, 2.75) is 26.0 Å². The summed E-state index contributed by atoms with van der Waals surface area (Å²) in [5.41, 5.74) is 7.16. The molecule has 0 fully saturated rings. The van der Waals surface area contributed by atoms with E-state index >= 15 is 0 Å². The number of carbonyl (C=O) groups is 1. The van der Waals surface area contributed by atoms with Crippen LogP contribution in [0.5, 0.6) is 5.75 Å². The Morgan fingerprint density at radius 3 is 2.67 bits per heavy atom. The summed E-state index contributed by atoms with van der Waals surface area (Å²) in [5.74, 6) is 0.408. The quantitative estimate of drug-likeness (QED) is 0.818. The number of ether oxygens (including phenoxy) is 1. The lowest BCUT2D eigenvalue weighted by Crippen LogP contribution is -2.34. The molecule has 0 radical (unpaired) electrons. The standard InChI is InChI=1S/C16H19N3O2/c1-2-15(16(17)20)19-13-5-7-14(8-6-13)21-11-12-4-3-9-18-10-12/h3-10,15,19H,2,11H2,1H3,(H2,17,20). The van der Waals surface area contributed by atoms with Gasteiger partial charge in [-0.2, -0.15) is 0 Å². The van der Waals surface area contributed by atoms with Crippen LogP contribution < -0.4 is 15.8 Å². The van der Waals surface area contributed by atoms with Crippen LogP contribution in [0.15, 0.2) is 48.8 Å². The van der Waals surface area contributed by atoms with Gasteiger partial charge in [-0.25, -0.2) is 0 Å². The van der Waals surface area contributed by atoms with E-state index in [-0.39, 0.29) is 11.9 Å². The number of hydrogen-bond acceptors (Lipinski definition) is 4. The van der Waals surface area contributed by atoms with Crippen molar-refractivity contribution in [2.24, 2.45) is 5.73 Å². The van der Waals surface area contributed by atoms with Gasteiger partial charge in [-0.05, 0) is 36.8 Å². The molecular weight excluding hydrogens is 266 g/mol. The zero-order chi connectivity index (χ0) is 15.1. The van der Waals surface area contributed by atoms with E-state index in [1.54, 1.807) is 12.4 Å². The van der Waals surface area contributed by atoms with Crippen molar-refractivity contribution in [1.29, 1.82) is 0 Å². The number of nitrogens with two attached hydrogens (primary N) is 1. The fourth-order valence-corrected chi connectivity index (χ4v) is 1.87. The largest absolute Gasteiger partial charge is 0.489 e. The Morgan fingerprint density at radius 1 is 1.33 bits per heavy atom. The maximum absolute atomic E-state index is 11.2. The molecule has 5 heteroatoms. The molecule has 3 N–H and O–H groups in total. The number of nitrogens with zero attached hydrogens (tertiary/aromatic N) is 1. The number of rotatable bonds is 7. The minimum atomic E-state index is -0.354. The Bertz CT molecular complexity index is 570. The van der Waals surface area contributed by atoms with Crippen molar-refractivity contribution in [2.75, 3.05) is 5.32 Å². The van der Waals surface area contributed by atoms with Gasteiger partial charge < -0.3 is 15.8 Å². The van der Waals surface area contributed by atoms with Gasteiger partial charge in [-0.15, -0.1) is 0 Å².